The number of carbonyl (C=O) groups is 1. The average molecular weight is 384 g/mol. The zero-order chi connectivity index (χ0) is 19.3. The molecule has 0 spiro atoms. The fourth-order valence-electron chi connectivity index (χ4n) is 3.58. The average Bonchev–Trinajstić information content (AvgIpc) is 3.47. The van der Waals surface area contributed by atoms with E-state index in [0.717, 1.165) is 30.6 Å². The van der Waals surface area contributed by atoms with E-state index in [1.165, 1.54) is 12.1 Å². The highest BCUT2D eigenvalue weighted by Crippen LogP contribution is 2.29. The van der Waals surface area contributed by atoms with Crippen LogP contribution in [0.15, 0.2) is 35.5 Å². The van der Waals surface area contributed by atoms with Crippen LogP contribution in [-0.4, -0.2) is 55.6 Å². The lowest BCUT2D eigenvalue weighted by molar-refractivity contribution is -0.132. The molecule has 1 amide bonds. The molecule has 0 fully saturated rings. The Bertz CT molecular complexity index is 901. The highest BCUT2D eigenvalue weighted by Gasteiger charge is 2.28. The fourth-order valence-corrected chi connectivity index (χ4v) is 3.58. The summed E-state index contributed by atoms with van der Waals surface area (Å²) < 4.78 is 14.1. The number of fused-ring (bicyclic) bond motifs is 1. The van der Waals surface area contributed by atoms with Gasteiger partial charge in [0.25, 0.3) is 0 Å². The van der Waals surface area contributed by atoms with Crippen molar-refractivity contribution in [3.05, 3.63) is 42.4 Å². The number of methoxy groups -OCH3 is 1. The zero-order valence-electron chi connectivity index (χ0n) is 16.0. The van der Waals surface area contributed by atoms with Gasteiger partial charge >= 0.3 is 0 Å². The number of hydrogen-bond donors (Lipinski definition) is 0. The minimum Gasteiger partial charge on any atom is -0.451 e. The van der Waals surface area contributed by atoms with Crippen molar-refractivity contribution >= 4 is 5.91 Å². The first kappa shape index (κ1) is 18.4. The summed E-state index contributed by atoms with van der Waals surface area (Å²) >= 11 is 0. The molecule has 28 heavy (non-hydrogen) atoms. The van der Waals surface area contributed by atoms with Crippen molar-refractivity contribution in [2.75, 3.05) is 20.3 Å². The van der Waals surface area contributed by atoms with Gasteiger partial charge in [-0.05, 0) is 12.5 Å². The minimum atomic E-state index is 0.124. The van der Waals surface area contributed by atoms with Crippen LogP contribution in [0.4, 0.5) is 0 Å². The van der Waals surface area contributed by atoms with Crippen molar-refractivity contribution in [2.24, 2.45) is 0 Å². The maximum atomic E-state index is 12.7. The smallest absolute Gasteiger partial charge is 0.224 e. The quantitative estimate of drug-likeness (QED) is 0.550. The largest absolute Gasteiger partial charge is 0.451 e. The summed E-state index contributed by atoms with van der Waals surface area (Å²) in [6, 6.07) is 1.86. The molecule has 0 unspecified atom stereocenters. The van der Waals surface area contributed by atoms with Crippen LogP contribution in [0.1, 0.15) is 24.1 Å². The molecule has 0 saturated carbocycles. The van der Waals surface area contributed by atoms with Crippen molar-refractivity contribution in [3.8, 4) is 11.4 Å². The molecule has 148 valence electrons. The van der Waals surface area contributed by atoms with Gasteiger partial charge in [0.05, 0.1) is 0 Å². The Morgan fingerprint density at radius 1 is 1.36 bits per heavy atom. The summed E-state index contributed by atoms with van der Waals surface area (Å²) in [5.41, 5.74) is 3.73. The summed E-state index contributed by atoms with van der Waals surface area (Å²) in [4.78, 5) is 18.9. The normalized spacial score (nSPS) is 13.7. The van der Waals surface area contributed by atoms with Gasteiger partial charge in [-0.3, -0.25) is 14.2 Å². The summed E-state index contributed by atoms with van der Waals surface area (Å²) in [5, 5.41) is 8.93. The molecule has 3 aromatic heterocycles. The van der Waals surface area contributed by atoms with Gasteiger partial charge in [-0.25, -0.2) is 4.98 Å². The molecule has 0 radical (unpaired) electrons. The standard InChI is InChI=1S/C19H24N6O3/c1-27-11-3-8-25-17-4-9-23(18(26)5-10-24-7-2-6-21-24)12-15(17)19(22-25)16-13-28-14-20-16/h2,6-7,13-14H,3-5,8-12H2,1H3. The van der Waals surface area contributed by atoms with Crippen LogP contribution in [-0.2, 0) is 35.6 Å². The van der Waals surface area contributed by atoms with E-state index in [1.54, 1.807) is 24.3 Å². The van der Waals surface area contributed by atoms with Crippen LogP contribution in [0.3, 0.4) is 0 Å². The maximum Gasteiger partial charge on any atom is 0.224 e. The number of amides is 1. The third-order valence-corrected chi connectivity index (χ3v) is 4.99. The van der Waals surface area contributed by atoms with Crippen LogP contribution in [0, 0.1) is 0 Å². The Hall–Kier alpha value is -2.94. The summed E-state index contributed by atoms with van der Waals surface area (Å²) in [6.07, 6.45) is 8.69. The molecular formula is C19H24N6O3. The molecule has 0 bridgehead atoms. The Labute approximate surface area is 162 Å². The Morgan fingerprint density at radius 2 is 2.29 bits per heavy atom. The first-order chi connectivity index (χ1) is 13.8. The number of rotatable bonds is 8. The second-order valence-corrected chi connectivity index (χ2v) is 6.80. The van der Waals surface area contributed by atoms with Crippen LogP contribution in [0.2, 0.25) is 0 Å². The number of ether oxygens (including phenoxy) is 1. The van der Waals surface area contributed by atoms with Crippen molar-refractivity contribution in [2.45, 2.75) is 38.9 Å². The molecule has 0 aliphatic carbocycles. The topological polar surface area (TPSA) is 91.2 Å². The lowest BCUT2D eigenvalue weighted by Crippen LogP contribution is -2.37. The van der Waals surface area contributed by atoms with Crippen molar-refractivity contribution < 1.29 is 13.9 Å². The van der Waals surface area contributed by atoms with Gasteiger partial charge in [0.2, 0.25) is 5.91 Å². The number of hydrogen-bond acceptors (Lipinski definition) is 6. The van der Waals surface area contributed by atoms with Gasteiger partial charge in [-0.2, -0.15) is 10.2 Å². The number of aromatic nitrogens is 5. The van der Waals surface area contributed by atoms with Gasteiger partial charge in [0.15, 0.2) is 6.39 Å². The van der Waals surface area contributed by atoms with Crippen molar-refractivity contribution in [1.29, 1.82) is 0 Å². The SMILES string of the molecule is COCCCn1nc(-c2cocn2)c2c1CCN(C(=O)CCn1cccn1)C2. The highest BCUT2D eigenvalue weighted by atomic mass is 16.5. The zero-order valence-corrected chi connectivity index (χ0v) is 16.0. The second-order valence-electron chi connectivity index (χ2n) is 6.80. The van der Waals surface area contributed by atoms with Gasteiger partial charge in [0.1, 0.15) is 17.7 Å². The monoisotopic (exact) mass is 384 g/mol. The van der Waals surface area contributed by atoms with Crippen molar-refractivity contribution in [3.63, 3.8) is 0 Å². The van der Waals surface area contributed by atoms with Gasteiger partial charge in [0, 0.05) is 76.4 Å². The molecule has 4 rings (SSSR count). The molecule has 3 aromatic rings. The predicted molar refractivity (Wildman–Crippen MR) is 100 cm³/mol. The lowest BCUT2D eigenvalue weighted by atomic mass is 10.0. The molecular weight excluding hydrogens is 360 g/mol. The number of carbonyl (C=O) groups excluding carboxylic acids is 1. The van der Waals surface area contributed by atoms with Crippen LogP contribution in [0.25, 0.3) is 11.4 Å². The van der Waals surface area contributed by atoms with Crippen LogP contribution < -0.4 is 0 Å². The molecule has 0 saturated heterocycles. The minimum absolute atomic E-state index is 0.124. The van der Waals surface area contributed by atoms with E-state index in [2.05, 4.69) is 10.1 Å². The molecule has 1 aliphatic heterocycles. The first-order valence-corrected chi connectivity index (χ1v) is 9.47. The van der Waals surface area contributed by atoms with E-state index in [4.69, 9.17) is 14.3 Å². The van der Waals surface area contributed by atoms with E-state index in [-0.39, 0.29) is 5.91 Å². The third kappa shape index (κ3) is 3.84. The van der Waals surface area contributed by atoms with E-state index in [9.17, 15) is 4.79 Å². The van der Waals surface area contributed by atoms with E-state index < -0.39 is 0 Å². The molecule has 4 heterocycles. The summed E-state index contributed by atoms with van der Waals surface area (Å²) in [7, 11) is 1.70. The van der Waals surface area contributed by atoms with Gasteiger partial charge in [-0.1, -0.05) is 0 Å². The molecule has 0 N–H and O–H groups in total. The van der Waals surface area contributed by atoms with Crippen LogP contribution >= 0.6 is 0 Å². The van der Waals surface area contributed by atoms with Crippen LogP contribution in [0.5, 0.6) is 0 Å². The van der Waals surface area contributed by atoms with Gasteiger partial charge < -0.3 is 14.1 Å². The van der Waals surface area contributed by atoms with E-state index >= 15 is 0 Å². The van der Waals surface area contributed by atoms with Gasteiger partial charge in [-0.15, -0.1) is 0 Å². The number of nitrogens with zero attached hydrogens (tertiary/aromatic N) is 6. The molecule has 1 aliphatic rings. The number of oxazole rings is 1. The maximum absolute atomic E-state index is 12.7. The molecule has 9 heteroatoms. The third-order valence-electron chi connectivity index (χ3n) is 4.99. The van der Waals surface area contributed by atoms with Crippen molar-refractivity contribution in [1.82, 2.24) is 29.4 Å². The lowest BCUT2D eigenvalue weighted by Gasteiger charge is -2.28. The first-order valence-electron chi connectivity index (χ1n) is 9.47. The second kappa shape index (κ2) is 8.39. The fraction of sp³-hybridized carbons (Fsp3) is 0.474. The Balaban J connectivity index is 1.51. The summed E-state index contributed by atoms with van der Waals surface area (Å²) in [6.45, 7) is 3.29. The van der Waals surface area contributed by atoms with E-state index in [0.29, 0.717) is 38.4 Å². The van der Waals surface area contributed by atoms with E-state index in [1.807, 2.05) is 21.8 Å². The Morgan fingerprint density at radius 3 is 3.04 bits per heavy atom. The summed E-state index contributed by atoms with van der Waals surface area (Å²) in [5.74, 6) is 0.124. The molecule has 0 aromatic carbocycles. The predicted octanol–water partition coefficient (Wildman–Crippen LogP) is 1.75. The molecule has 0 atom stereocenters. The Kier molecular flexibility index (Phi) is 5.52. The highest BCUT2D eigenvalue weighted by molar-refractivity contribution is 5.77. The molecule has 9 nitrogen and oxygen atoms in total. The number of aryl methyl sites for hydroxylation is 2.